The van der Waals surface area contributed by atoms with Crippen LogP contribution in [0.5, 0.6) is 5.75 Å². The summed E-state index contributed by atoms with van der Waals surface area (Å²) in [6.07, 6.45) is 0. The summed E-state index contributed by atoms with van der Waals surface area (Å²) in [6, 6.07) is 23.0. The molecular formula is C19H19NO. The summed E-state index contributed by atoms with van der Waals surface area (Å²) in [4.78, 5) is 0. The highest BCUT2D eigenvalue weighted by molar-refractivity contribution is 5.85. The average Bonchev–Trinajstić information content (AvgIpc) is 2.53. The van der Waals surface area contributed by atoms with Crippen molar-refractivity contribution in [2.45, 2.75) is 13.2 Å². The maximum absolute atomic E-state index is 5.96. The van der Waals surface area contributed by atoms with Crippen molar-refractivity contribution in [3.63, 3.8) is 0 Å². The third-order valence-electron chi connectivity index (χ3n) is 3.55. The van der Waals surface area contributed by atoms with Crippen molar-refractivity contribution in [2.24, 2.45) is 0 Å². The van der Waals surface area contributed by atoms with Crippen LogP contribution in [0.1, 0.15) is 11.1 Å². The molecule has 0 saturated heterocycles. The molecule has 2 nitrogen and oxygen atoms in total. The second kappa shape index (κ2) is 6.42. The molecule has 3 aromatic rings. The zero-order chi connectivity index (χ0) is 14.5. The van der Waals surface area contributed by atoms with E-state index < -0.39 is 0 Å². The molecule has 0 bridgehead atoms. The SMILES string of the molecule is CNCc1cccc(OCc2cccc3ccccc23)c1. The Morgan fingerprint density at radius 3 is 2.62 bits per heavy atom. The van der Waals surface area contributed by atoms with Crippen LogP contribution in [0.2, 0.25) is 0 Å². The van der Waals surface area contributed by atoms with Crippen LogP contribution in [-0.2, 0) is 13.2 Å². The third kappa shape index (κ3) is 3.23. The van der Waals surface area contributed by atoms with Gasteiger partial charge >= 0.3 is 0 Å². The van der Waals surface area contributed by atoms with E-state index in [1.54, 1.807) is 0 Å². The van der Waals surface area contributed by atoms with Crippen molar-refractivity contribution in [2.75, 3.05) is 7.05 Å². The lowest BCUT2D eigenvalue weighted by Crippen LogP contribution is -2.05. The van der Waals surface area contributed by atoms with Gasteiger partial charge in [0.1, 0.15) is 12.4 Å². The van der Waals surface area contributed by atoms with Gasteiger partial charge in [0.2, 0.25) is 0 Å². The second-order valence-corrected chi connectivity index (χ2v) is 5.10. The Morgan fingerprint density at radius 2 is 1.71 bits per heavy atom. The molecule has 0 spiro atoms. The fourth-order valence-corrected chi connectivity index (χ4v) is 2.53. The number of hydrogen-bond donors (Lipinski definition) is 1. The molecule has 0 aliphatic rings. The fraction of sp³-hybridized carbons (Fsp3) is 0.158. The lowest BCUT2D eigenvalue weighted by atomic mass is 10.1. The second-order valence-electron chi connectivity index (χ2n) is 5.10. The Hall–Kier alpha value is -2.32. The first-order valence-corrected chi connectivity index (χ1v) is 7.20. The molecule has 21 heavy (non-hydrogen) atoms. The van der Waals surface area contributed by atoms with Gasteiger partial charge in [-0.25, -0.2) is 0 Å². The Bertz CT molecular complexity index is 731. The van der Waals surface area contributed by atoms with Gasteiger partial charge < -0.3 is 10.1 Å². The summed E-state index contributed by atoms with van der Waals surface area (Å²) in [6.45, 7) is 1.44. The van der Waals surface area contributed by atoms with Crippen LogP contribution in [0.4, 0.5) is 0 Å². The molecule has 0 saturated carbocycles. The maximum Gasteiger partial charge on any atom is 0.120 e. The Morgan fingerprint density at radius 1 is 0.905 bits per heavy atom. The molecule has 3 aromatic carbocycles. The van der Waals surface area contributed by atoms with Gasteiger partial charge in [-0.05, 0) is 41.1 Å². The minimum atomic E-state index is 0.588. The number of nitrogens with one attached hydrogen (secondary N) is 1. The van der Waals surface area contributed by atoms with Crippen LogP contribution in [0.15, 0.2) is 66.7 Å². The maximum atomic E-state index is 5.96. The van der Waals surface area contributed by atoms with Crippen LogP contribution in [0.25, 0.3) is 10.8 Å². The highest BCUT2D eigenvalue weighted by Gasteiger charge is 2.02. The van der Waals surface area contributed by atoms with E-state index >= 15 is 0 Å². The molecule has 0 aliphatic heterocycles. The molecule has 0 aromatic heterocycles. The summed E-state index contributed by atoms with van der Waals surface area (Å²) in [5, 5.41) is 5.66. The van der Waals surface area contributed by atoms with E-state index in [4.69, 9.17) is 4.74 Å². The molecule has 0 unspecified atom stereocenters. The first-order valence-electron chi connectivity index (χ1n) is 7.20. The summed E-state index contributed by atoms with van der Waals surface area (Å²) in [5.74, 6) is 0.913. The van der Waals surface area contributed by atoms with Gasteiger partial charge in [0.25, 0.3) is 0 Å². The predicted molar refractivity (Wildman–Crippen MR) is 87.5 cm³/mol. The topological polar surface area (TPSA) is 21.3 Å². The van der Waals surface area contributed by atoms with Crippen molar-refractivity contribution >= 4 is 10.8 Å². The minimum Gasteiger partial charge on any atom is -0.489 e. The van der Waals surface area contributed by atoms with E-state index in [0.29, 0.717) is 6.61 Å². The summed E-state index contributed by atoms with van der Waals surface area (Å²) in [5.41, 5.74) is 2.44. The highest BCUT2D eigenvalue weighted by Crippen LogP contribution is 2.21. The first kappa shape index (κ1) is 13.7. The van der Waals surface area contributed by atoms with Gasteiger partial charge in [-0.3, -0.25) is 0 Å². The fourth-order valence-electron chi connectivity index (χ4n) is 2.53. The molecule has 2 heteroatoms. The number of rotatable bonds is 5. The van der Waals surface area contributed by atoms with Crippen LogP contribution in [0.3, 0.4) is 0 Å². The number of benzene rings is 3. The van der Waals surface area contributed by atoms with Gasteiger partial charge in [-0.15, -0.1) is 0 Å². The molecule has 0 atom stereocenters. The lowest BCUT2D eigenvalue weighted by molar-refractivity contribution is 0.307. The van der Waals surface area contributed by atoms with Gasteiger partial charge in [-0.2, -0.15) is 0 Å². The Labute approximate surface area is 125 Å². The zero-order valence-corrected chi connectivity index (χ0v) is 12.2. The molecule has 3 rings (SSSR count). The molecule has 0 fully saturated rings. The standard InChI is InChI=1S/C19H19NO/c1-20-13-15-6-4-10-18(12-15)21-14-17-9-5-8-16-7-2-3-11-19(16)17/h2-12,20H,13-14H2,1H3. The van der Waals surface area contributed by atoms with Crippen molar-refractivity contribution < 1.29 is 4.74 Å². The Kier molecular flexibility index (Phi) is 4.17. The van der Waals surface area contributed by atoms with Crippen LogP contribution in [0, 0.1) is 0 Å². The monoisotopic (exact) mass is 277 g/mol. The van der Waals surface area contributed by atoms with Gasteiger partial charge in [-0.1, -0.05) is 54.6 Å². The predicted octanol–water partition coefficient (Wildman–Crippen LogP) is 4.14. The minimum absolute atomic E-state index is 0.588. The molecule has 0 heterocycles. The molecule has 1 N–H and O–H groups in total. The van der Waals surface area contributed by atoms with Crippen LogP contribution in [-0.4, -0.2) is 7.05 Å². The van der Waals surface area contributed by atoms with E-state index in [2.05, 4.69) is 59.9 Å². The van der Waals surface area contributed by atoms with E-state index in [9.17, 15) is 0 Å². The van der Waals surface area contributed by atoms with E-state index in [1.807, 2.05) is 19.2 Å². The smallest absolute Gasteiger partial charge is 0.120 e. The van der Waals surface area contributed by atoms with Crippen molar-refractivity contribution in [3.8, 4) is 5.75 Å². The van der Waals surface area contributed by atoms with Gasteiger partial charge in [0, 0.05) is 6.54 Å². The molecule has 0 radical (unpaired) electrons. The summed E-state index contributed by atoms with van der Waals surface area (Å²) < 4.78 is 5.96. The zero-order valence-electron chi connectivity index (χ0n) is 12.2. The van der Waals surface area contributed by atoms with Gasteiger partial charge in [0.05, 0.1) is 0 Å². The average molecular weight is 277 g/mol. The quantitative estimate of drug-likeness (QED) is 0.757. The highest BCUT2D eigenvalue weighted by atomic mass is 16.5. The number of fused-ring (bicyclic) bond motifs is 1. The normalized spacial score (nSPS) is 10.7. The number of ether oxygens (including phenoxy) is 1. The van der Waals surface area contributed by atoms with Crippen LogP contribution < -0.4 is 10.1 Å². The molecule has 106 valence electrons. The lowest BCUT2D eigenvalue weighted by Gasteiger charge is -2.10. The summed E-state index contributed by atoms with van der Waals surface area (Å²) >= 11 is 0. The van der Waals surface area contributed by atoms with Crippen molar-refractivity contribution in [1.29, 1.82) is 0 Å². The first-order chi connectivity index (χ1) is 10.4. The van der Waals surface area contributed by atoms with Crippen molar-refractivity contribution in [3.05, 3.63) is 77.9 Å². The van der Waals surface area contributed by atoms with Crippen LogP contribution >= 0.6 is 0 Å². The molecular weight excluding hydrogens is 258 g/mol. The summed E-state index contributed by atoms with van der Waals surface area (Å²) in [7, 11) is 1.95. The molecule has 0 aliphatic carbocycles. The third-order valence-corrected chi connectivity index (χ3v) is 3.55. The van der Waals surface area contributed by atoms with E-state index in [1.165, 1.54) is 21.9 Å². The molecule has 0 amide bonds. The van der Waals surface area contributed by atoms with Crippen molar-refractivity contribution in [1.82, 2.24) is 5.32 Å². The van der Waals surface area contributed by atoms with E-state index in [-0.39, 0.29) is 0 Å². The number of hydrogen-bond acceptors (Lipinski definition) is 2. The van der Waals surface area contributed by atoms with Gasteiger partial charge in [0.15, 0.2) is 0 Å². The van der Waals surface area contributed by atoms with E-state index in [0.717, 1.165) is 12.3 Å². The largest absolute Gasteiger partial charge is 0.489 e. The Balaban J connectivity index is 1.79.